The van der Waals surface area contributed by atoms with E-state index in [0.29, 0.717) is 12.0 Å². The Kier molecular flexibility index (Phi) is 5.96. The Hall–Kier alpha value is -1.86. The number of carbonyl (C=O) groups is 1. The third kappa shape index (κ3) is 3.92. The number of hydrogen-bond acceptors (Lipinski definition) is 6. The lowest BCUT2D eigenvalue weighted by atomic mass is 9.98. The predicted octanol–water partition coefficient (Wildman–Crippen LogP) is 2.52. The van der Waals surface area contributed by atoms with Crippen molar-refractivity contribution in [1.29, 1.82) is 5.41 Å². The Morgan fingerprint density at radius 2 is 1.96 bits per heavy atom. The van der Waals surface area contributed by atoms with Gasteiger partial charge in [0.2, 0.25) is 5.78 Å². The molecule has 0 aliphatic rings. The molecule has 1 aromatic rings. The average molecular weight is 359 g/mol. The van der Waals surface area contributed by atoms with E-state index < -0.39 is 21.5 Å². The third-order valence-corrected chi connectivity index (χ3v) is 4.89. The SMILES string of the molecule is CCc1c(S(C)(=O)=O)ccc(C(=O)/C(C(C)=N)=C(\O)NC)c1Cl. The molecule has 0 aliphatic heterocycles. The van der Waals surface area contributed by atoms with Gasteiger partial charge < -0.3 is 15.8 Å². The van der Waals surface area contributed by atoms with Gasteiger partial charge in [-0.3, -0.25) is 4.79 Å². The minimum atomic E-state index is -3.48. The summed E-state index contributed by atoms with van der Waals surface area (Å²) in [4.78, 5) is 12.7. The fourth-order valence-corrected chi connectivity index (χ4v) is 3.62. The van der Waals surface area contributed by atoms with Gasteiger partial charge in [-0.25, -0.2) is 8.42 Å². The molecule has 3 N–H and O–H groups in total. The van der Waals surface area contributed by atoms with E-state index in [1.165, 1.54) is 26.1 Å². The van der Waals surface area contributed by atoms with Crippen molar-refractivity contribution >= 4 is 32.9 Å². The van der Waals surface area contributed by atoms with Crippen molar-refractivity contribution in [3.05, 3.63) is 39.7 Å². The first-order valence-corrected chi connectivity index (χ1v) is 9.05. The van der Waals surface area contributed by atoms with Crippen LogP contribution in [-0.4, -0.2) is 38.3 Å². The number of hydrogen-bond donors (Lipinski definition) is 3. The second kappa shape index (κ2) is 7.14. The topological polar surface area (TPSA) is 107 Å². The summed E-state index contributed by atoms with van der Waals surface area (Å²) < 4.78 is 23.6. The Morgan fingerprint density at radius 1 is 1.39 bits per heavy atom. The lowest BCUT2D eigenvalue weighted by Crippen LogP contribution is -2.20. The second-order valence-corrected chi connectivity index (χ2v) is 7.32. The first-order chi connectivity index (χ1) is 10.6. The van der Waals surface area contributed by atoms with Crippen molar-refractivity contribution in [1.82, 2.24) is 5.32 Å². The number of aliphatic hydroxyl groups excluding tert-OH is 1. The van der Waals surface area contributed by atoms with Crippen molar-refractivity contribution < 1.29 is 18.3 Å². The monoisotopic (exact) mass is 358 g/mol. The van der Waals surface area contributed by atoms with Gasteiger partial charge in [0.25, 0.3) is 0 Å². The summed E-state index contributed by atoms with van der Waals surface area (Å²) in [5, 5.41) is 19.9. The molecule has 0 saturated heterocycles. The molecule has 23 heavy (non-hydrogen) atoms. The maximum atomic E-state index is 12.6. The summed E-state index contributed by atoms with van der Waals surface area (Å²) in [6.07, 6.45) is 1.39. The van der Waals surface area contributed by atoms with Crippen molar-refractivity contribution in [2.75, 3.05) is 13.3 Å². The van der Waals surface area contributed by atoms with Crippen LogP contribution in [0.15, 0.2) is 28.5 Å². The molecule has 0 unspecified atom stereocenters. The third-order valence-electron chi connectivity index (χ3n) is 3.27. The summed E-state index contributed by atoms with van der Waals surface area (Å²) in [5.74, 6) is -1.09. The van der Waals surface area contributed by atoms with Crippen LogP contribution in [0.5, 0.6) is 0 Å². The molecule has 126 valence electrons. The van der Waals surface area contributed by atoms with Crippen LogP contribution in [0, 0.1) is 5.41 Å². The Bertz CT molecular complexity index is 798. The van der Waals surface area contributed by atoms with E-state index in [4.69, 9.17) is 17.0 Å². The standard InChI is InChI=1S/C15H19ClN2O4S/c1-5-9-11(23(4,21)22)7-6-10(13(9)16)14(19)12(8(2)17)15(20)18-3/h6-7,17-18,20H,5H2,1-4H3/b15-12-,17-8?. The van der Waals surface area contributed by atoms with Crippen molar-refractivity contribution in [3.63, 3.8) is 0 Å². The molecule has 0 amide bonds. The molecule has 0 bridgehead atoms. The number of sulfone groups is 1. The average Bonchev–Trinajstić information content (AvgIpc) is 2.45. The van der Waals surface area contributed by atoms with Gasteiger partial charge in [0.05, 0.1) is 9.92 Å². The molecular weight excluding hydrogens is 340 g/mol. The number of halogens is 1. The summed E-state index contributed by atoms with van der Waals surface area (Å²) in [6, 6.07) is 2.62. The molecule has 1 rings (SSSR count). The lowest BCUT2D eigenvalue weighted by molar-refractivity contribution is 0.103. The number of benzene rings is 1. The van der Waals surface area contributed by atoms with Crippen LogP contribution in [0.4, 0.5) is 0 Å². The molecule has 0 aliphatic carbocycles. The van der Waals surface area contributed by atoms with Crippen LogP contribution in [0.1, 0.15) is 29.8 Å². The summed E-state index contributed by atoms with van der Waals surface area (Å²) in [7, 11) is -2.07. The van der Waals surface area contributed by atoms with Crippen LogP contribution in [0.3, 0.4) is 0 Å². The predicted molar refractivity (Wildman–Crippen MR) is 90.4 cm³/mol. The Balaban J connectivity index is 3.64. The van der Waals surface area contributed by atoms with Crippen LogP contribution in [0.25, 0.3) is 0 Å². The first-order valence-electron chi connectivity index (χ1n) is 6.78. The van der Waals surface area contributed by atoms with Crippen molar-refractivity contribution in [2.45, 2.75) is 25.2 Å². The van der Waals surface area contributed by atoms with Gasteiger partial charge in [0, 0.05) is 24.6 Å². The van der Waals surface area contributed by atoms with Gasteiger partial charge in [0.1, 0.15) is 5.57 Å². The van der Waals surface area contributed by atoms with Crippen LogP contribution < -0.4 is 5.32 Å². The van der Waals surface area contributed by atoms with Gasteiger partial charge in [-0.05, 0) is 31.0 Å². The van der Waals surface area contributed by atoms with Gasteiger partial charge in [-0.15, -0.1) is 0 Å². The molecule has 0 fully saturated rings. The second-order valence-electron chi connectivity index (χ2n) is 4.96. The van der Waals surface area contributed by atoms with Crippen LogP contribution in [0.2, 0.25) is 5.02 Å². The number of Topliss-reactive ketones (excluding diaryl/α,β-unsaturated/α-hetero) is 1. The fourth-order valence-electron chi connectivity index (χ4n) is 2.17. The zero-order valence-corrected chi connectivity index (χ0v) is 14.9. The number of nitrogens with one attached hydrogen (secondary N) is 2. The highest BCUT2D eigenvalue weighted by atomic mass is 35.5. The summed E-state index contributed by atoms with van der Waals surface area (Å²) in [5.41, 5.74) is 0.0250. The molecule has 6 nitrogen and oxygen atoms in total. The minimum absolute atomic E-state index is 0.0167. The van der Waals surface area contributed by atoms with E-state index in [1.54, 1.807) is 6.92 Å². The summed E-state index contributed by atoms with van der Waals surface area (Å²) in [6.45, 7) is 3.09. The van der Waals surface area contributed by atoms with Crippen molar-refractivity contribution in [2.24, 2.45) is 0 Å². The highest BCUT2D eigenvalue weighted by Crippen LogP contribution is 2.30. The fraction of sp³-hybridized carbons (Fsp3) is 0.333. The van der Waals surface area contributed by atoms with Gasteiger partial charge in [0.15, 0.2) is 15.7 Å². The molecule has 8 heteroatoms. The quantitative estimate of drug-likeness (QED) is 0.313. The molecule has 0 atom stereocenters. The molecule has 0 heterocycles. The molecule has 0 saturated carbocycles. The maximum Gasteiger partial charge on any atom is 0.201 e. The van der Waals surface area contributed by atoms with Crippen LogP contribution in [-0.2, 0) is 16.3 Å². The molecular formula is C15H19ClN2O4S. The Morgan fingerprint density at radius 3 is 2.35 bits per heavy atom. The number of allylic oxidation sites excluding steroid dienone is 1. The summed E-state index contributed by atoms with van der Waals surface area (Å²) >= 11 is 6.23. The zero-order valence-electron chi connectivity index (χ0n) is 13.3. The lowest BCUT2D eigenvalue weighted by Gasteiger charge is -2.14. The largest absolute Gasteiger partial charge is 0.494 e. The van der Waals surface area contributed by atoms with E-state index in [2.05, 4.69) is 5.32 Å². The van der Waals surface area contributed by atoms with E-state index >= 15 is 0 Å². The Labute approximate surface area is 140 Å². The number of carbonyl (C=O) groups excluding carboxylic acids is 1. The maximum absolute atomic E-state index is 12.6. The van der Waals surface area contributed by atoms with E-state index in [1.807, 2.05) is 0 Å². The molecule has 0 radical (unpaired) electrons. The van der Waals surface area contributed by atoms with Gasteiger partial charge in [-0.2, -0.15) is 0 Å². The van der Waals surface area contributed by atoms with Gasteiger partial charge in [-0.1, -0.05) is 18.5 Å². The number of rotatable bonds is 6. The van der Waals surface area contributed by atoms with Crippen molar-refractivity contribution in [3.8, 4) is 0 Å². The number of ketones is 1. The molecule has 0 spiro atoms. The number of aliphatic hydroxyl groups is 1. The minimum Gasteiger partial charge on any atom is -0.494 e. The molecule has 1 aromatic carbocycles. The first kappa shape index (κ1) is 19.2. The smallest absolute Gasteiger partial charge is 0.201 e. The highest BCUT2D eigenvalue weighted by molar-refractivity contribution is 7.90. The van der Waals surface area contributed by atoms with E-state index in [0.717, 1.165) is 6.26 Å². The zero-order chi connectivity index (χ0) is 17.9. The normalized spacial score (nSPS) is 12.6. The van der Waals surface area contributed by atoms with E-state index in [9.17, 15) is 18.3 Å². The molecule has 0 aromatic heterocycles. The van der Waals surface area contributed by atoms with Crippen LogP contribution >= 0.6 is 11.6 Å². The van der Waals surface area contributed by atoms with E-state index in [-0.39, 0.29) is 26.8 Å². The van der Waals surface area contributed by atoms with Gasteiger partial charge >= 0.3 is 0 Å². The highest BCUT2D eigenvalue weighted by Gasteiger charge is 2.25.